The summed E-state index contributed by atoms with van der Waals surface area (Å²) in [5.41, 5.74) is 0. The zero-order chi connectivity index (χ0) is 12.0. The van der Waals surface area contributed by atoms with Crippen LogP contribution in [-0.4, -0.2) is 34.0 Å². The molecule has 0 bridgehead atoms. The van der Waals surface area contributed by atoms with Crippen molar-refractivity contribution in [3.05, 3.63) is 0 Å². The molecule has 2 atom stereocenters. The normalized spacial score (nSPS) is 14.7. The Hall–Kier alpha value is -0.710. The summed E-state index contributed by atoms with van der Waals surface area (Å²) in [7, 11) is 0. The van der Waals surface area contributed by atoms with Crippen molar-refractivity contribution < 1.29 is 14.7 Å². The van der Waals surface area contributed by atoms with Gasteiger partial charge in [0.1, 0.15) is 0 Å². The molecule has 15 heavy (non-hydrogen) atoms. The smallest absolute Gasteiger partial charge is 0.307 e. The van der Waals surface area contributed by atoms with Gasteiger partial charge >= 0.3 is 5.97 Å². The van der Waals surface area contributed by atoms with E-state index in [-0.39, 0.29) is 17.2 Å². The van der Waals surface area contributed by atoms with Gasteiger partial charge in [-0.3, -0.25) is 9.59 Å². The first kappa shape index (κ1) is 14.3. The summed E-state index contributed by atoms with van der Waals surface area (Å²) >= 11 is 1.37. The molecule has 0 aromatic rings. The Labute approximate surface area is 94.8 Å². The predicted octanol–water partition coefficient (Wildman–Crippen LogP) is 1.35. The second-order valence-electron chi connectivity index (χ2n) is 3.88. The van der Waals surface area contributed by atoms with Gasteiger partial charge < -0.3 is 10.4 Å². The monoisotopic (exact) mass is 233 g/mol. The van der Waals surface area contributed by atoms with Gasteiger partial charge in [0.25, 0.3) is 0 Å². The summed E-state index contributed by atoms with van der Waals surface area (Å²) in [6, 6.07) is 0.123. The van der Waals surface area contributed by atoms with E-state index in [9.17, 15) is 9.59 Å². The molecule has 0 aromatic heterocycles. The van der Waals surface area contributed by atoms with Gasteiger partial charge in [0.2, 0.25) is 5.91 Å². The molecule has 5 heteroatoms. The van der Waals surface area contributed by atoms with Crippen LogP contribution in [0.15, 0.2) is 0 Å². The molecule has 0 radical (unpaired) electrons. The van der Waals surface area contributed by atoms with E-state index in [0.717, 1.165) is 0 Å². The fraction of sp³-hybridized carbons (Fsp3) is 0.800. The second-order valence-corrected chi connectivity index (χ2v) is 5.25. The lowest BCUT2D eigenvalue weighted by atomic mass is 10.2. The van der Waals surface area contributed by atoms with Crippen LogP contribution in [-0.2, 0) is 9.59 Å². The lowest BCUT2D eigenvalue weighted by Gasteiger charge is -2.15. The number of rotatable bonds is 6. The molecule has 4 nitrogen and oxygen atoms in total. The van der Waals surface area contributed by atoms with E-state index in [0.29, 0.717) is 5.75 Å². The summed E-state index contributed by atoms with van der Waals surface area (Å²) in [6.07, 6.45) is 0. The molecule has 0 spiro atoms. The summed E-state index contributed by atoms with van der Waals surface area (Å²) in [4.78, 5) is 22.0. The fourth-order valence-electron chi connectivity index (χ4n) is 0.838. The van der Waals surface area contributed by atoms with Crippen LogP contribution in [0.1, 0.15) is 27.7 Å². The average molecular weight is 233 g/mol. The zero-order valence-electron chi connectivity index (χ0n) is 9.61. The summed E-state index contributed by atoms with van der Waals surface area (Å²) in [6.45, 7) is 7.23. The predicted molar refractivity (Wildman–Crippen MR) is 62.0 cm³/mol. The highest BCUT2D eigenvalue weighted by Gasteiger charge is 2.17. The molecule has 0 fully saturated rings. The van der Waals surface area contributed by atoms with Crippen molar-refractivity contribution in [2.24, 2.45) is 5.92 Å². The molecule has 88 valence electrons. The SMILES string of the molecule is CC(C)NC(=O)C(C)SCC(C)C(=O)O. The largest absolute Gasteiger partial charge is 0.481 e. The fourth-order valence-corrected chi connectivity index (χ4v) is 1.78. The molecular formula is C10H19NO3S. The Morgan fingerprint density at radius 1 is 1.27 bits per heavy atom. The molecule has 0 aliphatic carbocycles. The van der Waals surface area contributed by atoms with Crippen LogP contribution in [0.5, 0.6) is 0 Å². The van der Waals surface area contributed by atoms with Gasteiger partial charge in [-0.05, 0) is 20.8 Å². The number of hydrogen-bond donors (Lipinski definition) is 2. The molecular weight excluding hydrogens is 214 g/mol. The van der Waals surface area contributed by atoms with Crippen molar-refractivity contribution >= 4 is 23.6 Å². The third-order valence-electron chi connectivity index (χ3n) is 1.82. The number of carboxylic acids is 1. The lowest BCUT2D eigenvalue weighted by molar-refractivity contribution is -0.140. The van der Waals surface area contributed by atoms with Crippen LogP contribution in [0, 0.1) is 5.92 Å². The highest BCUT2D eigenvalue weighted by molar-refractivity contribution is 8.00. The maximum Gasteiger partial charge on any atom is 0.307 e. The van der Waals surface area contributed by atoms with Gasteiger partial charge in [-0.15, -0.1) is 11.8 Å². The van der Waals surface area contributed by atoms with Crippen LogP contribution in [0.2, 0.25) is 0 Å². The van der Waals surface area contributed by atoms with E-state index in [1.54, 1.807) is 13.8 Å². The van der Waals surface area contributed by atoms with E-state index < -0.39 is 11.9 Å². The molecule has 0 aliphatic rings. The standard InChI is InChI=1S/C10H19NO3S/c1-6(2)11-9(12)8(4)15-5-7(3)10(13)14/h6-8H,5H2,1-4H3,(H,11,12)(H,13,14). The zero-order valence-corrected chi connectivity index (χ0v) is 10.4. The Kier molecular flexibility index (Phi) is 6.40. The van der Waals surface area contributed by atoms with Crippen molar-refractivity contribution in [3.63, 3.8) is 0 Å². The number of carbonyl (C=O) groups is 2. The highest BCUT2D eigenvalue weighted by atomic mass is 32.2. The number of amides is 1. The molecule has 0 rings (SSSR count). The Bertz CT molecular complexity index is 231. The highest BCUT2D eigenvalue weighted by Crippen LogP contribution is 2.15. The van der Waals surface area contributed by atoms with Crippen LogP contribution < -0.4 is 5.32 Å². The molecule has 2 unspecified atom stereocenters. The maximum atomic E-state index is 11.5. The van der Waals surface area contributed by atoms with Crippen LogP contribution in [0.3, 0.4) is 0 Å². The summed E-state index contributed by atoms with van der Waals surface area (Å²) < 4.78 is 0. The lowest BCUT2D eigenvalue weighted by Crippen LogP contribution is -2.36. The average Bonchev–Trinajstić information content (AvgIpc) is 2.12. The Balaban J connectivity index is 3.87. The number of carboxylic acid groups (broad SMARTS) is 1. The molecule has 0 aromatic carbocycles. The first-order valence-corrected chi connectivity index (χ1v) is 6.04. The van der Waals surface area contributed by atoms with Gasteiger partial charge in [0, 0.05) is 11.8 Å². The van der Waals surface area contributed by atoms with Gasteiger partial charge in [-0.2, -0.15) is 0 Å². The number of aliphatic carboxylic acids is 1. The minimum absolute atomic E-state index is 0.0346. The minimum Gasteiger partial charge on any atom is -0.481 e. The number of carbonyl (C=O) groups excluding carboxylic acids is 1. The summed E-state index contributed by atoms with van der Waals surface area (Å²) in [5.74, 6) is -0.807. The first-order chi connectivity index (χ1) is 6.84. The number of hydrogen-bond acceptors (Lipinski definition) is 3. The Morgan fingerprint density at radius 2 is 1.80 bits per heavy atom. The molecule has 0 saturated carbocycles. The first-order valence-electron chi connectivity index (χ1n) is 4.99. The molecule has 1 amide bonds. The Morgan fingerprint density at radius 3 is 2.20 bits per heavy atom. The molecule has 0 saturated heterocycles. The summed E-state index contributed by atoms with van der Waals surface area (Å²) in [5, 5.41) is 11.3. The van der Waals surface area contributed by atoms with Gasteiger partial charge in [-0.25, -0.2) is 0 Å². The third kappa shape index (κ3) is 6.38. The molecule has 0 heterocycles. The molecule has 0 aliphatic heterocycles. The van der Waals surface area contributed by atoms with E-state index in [2.05, 4.69) is 5.32 Å². The van der Waals surface area contributed by atoms with Crippen molar-refractivity contribution in [2.75, 3.05) is 5.75 Å². The van der Waals surface area contributed by atoms with Crippen molar-refractivity contribution in [1.82, 2.24) is 5.32 Å². The quantitative estimate of drug-likeness (QED) is 0.727. The van der Waals surface area contributed by atoms with Gasteiger partial charge in [0.05, 0.1) is 11.2 Å². The topological polar surface area (TPSA) is 66.4 Å². The number of thioether (sulfide) groups is 1. The number of nitrogens with one attached hydrogen (secondary N) is 1. The van der Waals surface area contributed by atoms with E-state index in [1.165, 1.54) is 11.8 Å². The van der Waals surface area contributed by atoms with Gasteiger partial charge in [0.15, 0.2) is 0 Å². The van der Waals surface area contributed by atoms with Gasteiger partial charge in [-0.1, -0.05) is 6.92 Å². The van der Waals surface area contributed by atoms with Crippen LogP contribution in [0.4, 0.5) is 0 Å². The van der Waals surface area contributed by atoms with Crippen molar-refractivity contribution in [3.8, 4) is 0 Å². The van der Waals surface area contributed by atoms with E-state index in [1.807, 2.05) is 13.8 Å². The second kappa shape index (κ2) is 6.71. The third-order valence-corrected chi connectivity index (χ3v) is 3.22. The van der Waals surface area contributed by atoms with E-state index in [4.69, 9.17) is 5.11 Å². The molecule has 2 N–H and O–H groups in total. The van der Waals surface area contributed by atoms with Crippen LogP contribution >= 0.6 is 11.8 Å². The van der Waals surface area contributed by atoms with Crippen molar-refractivity contribution in [1.29, 1.82) is 0 Å². The van der Waals surface area contributed by atoms with Crippen LogP contribution in [0.25, 0.3) is 0 Å². The van der Waals surface area contributed by atoms with Crippen molar-refractivity contribution in [2.45, 2.75) is 39.0 Å². The minimum atomic E-state index is -0.820. The van der Waals surface area contributed by atoms with E-state index >= 15 is 0 Å². The maximum absolute atomic E-state index is 11.5.